The van der Waals surface area contributed by atoms with Crippen LogP contribution < -0.4 is 5.73 Å². The summed E-state index contributed by atoms with van der Waals surface area (Å²) in [4.78, 5) is 25.0. The summed E-state index contributed by atoms with van der Waals surface area (Å²) in [5.74, 6) is 0.145. The topological polar surface area (TPSA) is 99.6 Å². The van der Waals surface area contributed by atoms with Crippen molar-refractivity contribution >= 4 is 16.8 Å². The monoisotopic (exact) mass is 338 g/mol. The van der Waals surface area contributed by atoms with E-state index in [4.69, 9.17) is 5.73 Å². The minimum absolute atomic E-state index is 0.00374. The van der Waals surface area contributed by atoms with Crippen LogP contribution >= 0.6 is 0 Å². The second-order valence-electron chi connectivity index (χ2n) is 7.44. The van der Waals surface area contributed by atoms with E-state index in [0.29, 0.717) is 23.4 Å². The average molecular weight is 338 g/mol. The Morgan fingerprint density at radius 1 is 1.20 bits per heavy atom. The first kappa shape index (κ1) is 17.0. The summed E-state index contributed by atoms with van der Waals surface area (Å²) < 4.78 is 1.83. The molecule has 7 nitrogen and oxygen atoms in total. The predicted molar refractivity (Wildman–Crippen MR) is 96.0 cm³/mol. The number of rotatable bonds is 3. The predicted octanol–water partition coefficient (Wildman–Crippen LogP) is 2.65. The van der Waals surface area contributed by atoms with Crippen LogP contribution in [0, 0.1) is 19.3 Å². The van der Waals surface area contributed by atoms with E-state index < -0.39 is 5.91 Å². The summed E-state index contributed by atoms with van der Waals surface area (Å²) in [6, 6.07) is 1.84. The van der Waals surface area contributed by atoms with Gasteiger partial charge in [0.1, 0.15) is 5.82 Å². The minimum Gasteiger partial charge on any atom is -0.364 e. The molecule has 0 atom stereocenters. The lowest BCUT2D eigenvalue weighted by Gasteiger charge is -2.19. The van der Waals surface area contributed by atoms with Crippen LogP contribution in [0.4, 0.5) is 0 Å². The molecule has 0 aromatic carbocycles. The van der Waals surface area contributed by atoms with Crippen LogP contribution in [0.3, 0.4) is 0 Å². The zero-order valence-corrected chi connectivity index (χ0v) is 15.2. The average Bonchev–Trinajstić information content (AvgIpc) is 2.85. The Hall–Kier alpha value is -2.83. The Bertz CT molecular complexity index is 950. The Kier molecular flexibility index (Phi) is 4.02. The van der Waals surface area contributed by atoms with Gasteiger partial charge in [-0.2, -0.15) is 5.10 Å². The smallest absolute Gasteiger partial charge is 0.269 e. The highest BCUT2D eigenvalue weighted by molar-refractivity contribution is 6.05. The molecule has 0 aliphatic heterocycles. The fourth-order valence-corrected chi connectivity index (χ4v) is 2.82. The van der Waals surface area contributed by atoms with Crippen LogP contribution in [0.1, 0.15) is 42.8 Å². The van der Waals surface area contributed by atoms with Crippen molar-refractivity contribution in [2.45, 2.75) is 41.2 Å². The van der Waals surface area contributed by atoms with Crippen LogP contribution in [-0.2, 0) is 6.54 Å². The molecular formula is C18H22N6O. The van der Waals surface area contributed by atoms with E-state index in [-0.39, 0.29) is 11.1 Å². The Morgan fingerprint density at radius 2 is 1.84 bits per heavy atom. The molecule has 0 fully saturated rings. The van der Waals surface area contributed by atoms with Crippen LogP contribution in [0.5, 0.6) is 0 Å². The maximum atomic E-state index is 11.9. The summed E-state index contributed by atoms with van der Waals surface area (Å²) in [6.07, 6.45) is 3.44. The van der Waals surface area contributed by atoms with Gasteiger partial charge in [0.25, 0.3) is 5.91 Å². The van der Waals surface area contributed by atoms with Crippen molar-refractivity contribution in [1.29, 1.82) is 0 Å². The zero-order valence-electron chi connectivity index (χ0n) is 15.2. The number of fused-ring (bicyclic) bond motifs is 1. The maximum absolute atomic E-state index is 11.9. The number of nitrogens with zero attached hydrogens (tertiary/aromatic N) is 5. The van der Waals surface area contributed by atoms with Crippen molar-refractivity contribution in [3.8, 4) is 11.3 Å². The van der Waals surface area contributed by atoms with Gasteiger partial charge in [-0.1, -0.05) is 20.8 Å². The lowest BCUT2D eigenvalue weighted by atomic mass is 9.97. The van der Waals surface area contributed by atoms with E-state index in [1.54, 1.807) is 12.4 Å². The number of hydrogen-bond donors (Lipinski definition) is 1. The molecule has 0 aliphatic rings. The summed E-state index contributed by atoms with van der Waals surface area (Å²) in [7, 11) is 0. The van der Waals surface area contributed by atoms with E-state index in [1.165, 1.54) is 0 Å². The molecule has 3 aromatic rings. The van der Waals surface area contributed by atoms with Crippen molar-refractivity contribution < 1.29 is 4.79 Å². The summed E-state index contributed by atoms with van der Waals surface area (Å²) in [5, 5.41) is 5.16. The van der Waals surface area contributed by atoms with Gasteiger partial charge in [0.2, 0.25) is 0 Å². The summed E-state index contributed by atoms with van der Waals surface area (Å²) in [5.41, 5.74) is 8.93. The third kappa shape index (κ3) is 3.35. The fourth-order valence-electron chi connectivity index (χ4n) is 2.82. The lowest BCUT2D eigenvalue weighted by molar-refractivity contribution is 0.0995. The van der Waals surface area contributed by atoms with E-state index in [0.717, 1.165) is 16.8 Å². The molecule has 0 aliphatic carbocycles. The zero-order chi connectivity index (χ0) is 18.4. The van der Waals surface area contributed by atoms with Gasteiger partial charge >= 0.3 is 0 Å². The highest BCUT2D eigenvalue weighted by Crippen LogP contribution is 2.28. The number of carbonyl (C=O) groups is 1. The number of carbonyl (C=O) groups excluding carboxylic acids is 1. The molecule has 0 radical (unpaired) electrons. The highest BCUT2D eigenvalue weighted by atomic mass is 16.1. The minimum atomic E-state index is -0.547. The molecule has 3 heterocycles. The van der Waals surface area contributed by atoms with Gasteiger partial charge in [-0.25, -0.2) is 9.97 Å². The fraction of sp³-hybridized carbons (Fsp3) is 0.389. The maximum Gasteiger partial charge on any atom is 0.269 e. The molecule has 0 spiro atoms. The van der Waals surface area contributed by atoms with E-state index in [1.807, 2.05) is 24.6 Å². The number of nitrogens with two attached hydrogens (primary N) is 1. The molecule has 3 rings (SSSR count). The van der Waals surface area contributed by atoms with Crippen molar-refractivity contribution in [1.82, 2.24) is 24.7 Å². The number of amides is 1. The van der Waals surface area contributed by atoms with Crippen molar-refractivity contribution in [2.24, 2.45) is 11.1 Å². The Balaban J connectivity index is 2.24. The quantitative estimate of drug-likeness (QED) is 0.791. The second-order valence-corrected chi connectivity index (χ2v) is 7.44. The molecule has 0 saturated heterocycles. The van der Waals surface area contributed by atoms with Gasteiger partial charge in [-0.15, -0.1) is 0 Å². The first-order valence-corrected chi connectivity index (χ1v) is 8.13. The normalized spacial score (nSPS) is 11.9. The van der Waals surface area contributed by atoms with Crippen LogP contribution in [0.25, 0.3) is 22.2 Å². The van der Waals surface area contributed by atoms with Crippen LogP contribution in [-0.4, -0.2) is 30.6 Å². The van der Waals surface area contributed by atoms with Crippen LogP contribution in [0.2, 0.25) is 0 Å². The molecular weight excluding hydrogens is 316 g/mol. The standard InChI is InChI=1S/C18H22N6O/c1-10-16-13(6-14(22-10)12-7-20-11(2)21-8-12)15(17(19)25)23-24(16)9-18(3,4)5/h6-8H,9H2,1-5H3,(H2,19,25). The summed E-state index contributed by atoms with van der Waals surface area (Å²) >= 11 is 0. The van der Waals surface area contributed by atoms with Crippen LogP contribution in [0.15, 0.2) is 18.5 Å². The molecule has 130 valence electrons. The van der Waals surface area contributed by atoms with Gasteiger partial charge in [0.05, 0.1) is 16.9 Å². The molecule has 25 heavy (non-hydrogen) atoms. The molecule has 7 heteroatoms. The molecule has 3 aromatic heterocycles. The van der Waals surface area contributed by atoms with E-state index in [2.05, 4.69) is 40.8 Å². The molecule has 0 unspecified atom stereocenters. The largest absolute Gasteiger partial charge is 0.364 e. The highest BCUT2D eigenvalue weighted by Gasteiger charge is 2.22. The lowest BCUT2D eigenvalue weighted by Crippen LogP contribution is -2.18. The third-order valence-corrected chi connectivity index (χ3v) is 3.84. The van der Waals surface area contributed by atoms with Gasteiger partial charge in [0.15, 0.2) is 5.69 Å². The van der Waals surface area contributed by atoms with Gasteiger partial charge in [-0.3, -0.25) is 14.5 Å². The van der Waals surface area contributed by atoms with Gasteiger partial charge < -0.3 is 5.73 Å². The summed E-state index contributed by atoms with van der Waals surface area (Å²) in [6.45, 7) is 10.7. The number of aromatic nitrogens is 5. The molecule has 0 bridgehead atoms. The first-order valence-electron chi connectivity index (χ1n) is 8.13. The number of pyridine rings is 1. The van der Waals surface area contributed by atoms with Crippen molar-refractivity contribution in [3.05, 3.63) is 35.7 Å². The SMILES string of the molecule is Cc1ncc(-c2cc3c(C(N)=O)nn(CC(C)(C)C)c3c(C)n2)cn1. The Labute approximate surface area is 146 Å². The molecule has 1 amide bonds. The molecule has 2 N–H and O–H groups in total. The first-order chi connectivity index (χ1) is 11.7. The van der Waals surface area contributed by atoms with Crippen molar-refractivity contribution in [2.75, 3.05) is 0 Å². The van der Waals surface area contributed by atoms with Gasteiger partial charge in [-0.05, 0) is 25.3 Å². The van der Waals surface area contributed by atoms with E-state index >= 15 is 0 Å². The third-order valence-electron chi connectivity index (χ3n) is 3.84. The Morgan fingerprint density at radius 3 is 2.40 bits per heavy atom. The second kappa shape index (κ2) is 5.91. The molecule has 0 saturated carbocycles. The number of aryl methyl sites for hydroxylation is 2. The van der Waals surface area contributed by atoms with Crippen molar-refractivity contribution in [3.63, 3.8) is 0 Å². The number of hydrogen-bond acceptors (Lipinski definition) is 5. The number of primary amides is 1. The van der Waals surface area contributed by atoms with E-state index in [9.17, 15) is 4.79 Å². The van der Waals surface area contributed by atoms with Gasteiger partial charge in [0, 0.05) is 29.9 Å².